The van der Waals surface area contributed by atoms with Gasteiger partial charge in [-0.15, -0.1) is 0 Å². The lowest BCUT2D eigenvalue weighted by Crippen LogP contribution is -2.40. The Kier molecular flexibility index (Phi) is 4.93. The van der Waals surface area contributed by atoms with E-state index in [-0.39, 0.29) is 11.2 Å². The van der Waals surface area contributed by atoms with E-state index in [1.54, 1.807) is 0 Å². The number of hydrogen-bond donors (Lipinski definition) is 0. The van der Waals surface area contributed by atoms with Gasteiger partial charge in [-0.3, -0.25) is 0 Å². The number of hydrogen-bond acceptors (Lipinski definition) is 2. The topological polar surface area (TPSA) is 25.1 Å². The molecule has 152 valence electrons. The van der Waals surface area contributed by atoms with Crippen molar-refractivity contribution in [2.75, 3.05) is 0 Å². The van der Waals surface area contributed by atoms with E-state index >= 15 is 0 Å². The molecule has 2 heterocycles. The van der Waals surface area contributed by atoms with E-state index in [1.807, 2.05) is 0 Å². The van der Waals surface area contributed by atoms with Crippen molar-refractivity contribution >= 4 is 0 Å². The van der Waals surface area contributed by atoms with Gasteiger partial charge >= 0.3 is 0 Å². The molecule has 0 aromatic carbocycles. The lowest BCUT2D eigenvalue weighted by molar-refractivity contribution is 0.0804. The van der Waals surface area contributed by atoms with Gasteiger partial charge in [0, 0.05) is 0 Å². The first kappa shape index (κ1) is 20.6. The molecule has 0 aromatic rings. The zero-order valence-corrected chi connectivity index (χ0v) is 19.1. The summed E-state index contributed by atoms with van der Waals surface area (Å²) in [6.07, 6.45) is 6.02. The van der Waals surface area contributed by atoms with Gasteiger partial charge in [-0.2, -0.15) is 0 Å². The van der Waals surface area contributed by atoms with Crippen molar-refractivity contribution in [2.45, 2.75) is 118 Å². The summed E-state index contributed by atoms with van der Waals surface area (Å²) in [5.41, 5.74) is 0.909. The second-order valence-electron chi connectivity index (χ2n) is 12.3. The van der Waals surface area contributed by atoms with Crippen LogP contribution in [0.3, 0.4) is 0 Å². The molecule has 7 atom stereocenters. The SMILES string of the molecule is CCC(C)(C)C(CC(C)C1CC(C(C)(C)C)C2OC2(C)C1)C1OC1(C)C. The highest BCUT2D eigenvalue weighted by atomic mass is 16.6. The van der Waals surface area contributed by atoms with E-state index < -0.39 is 0 Å². The third-order valence-electron chi connectivity index (χ3n) is 8.41. The van der Waals surface area contributed by atoms with Gasteiger partial charge in [0.05, 0.1) is 23.4 Å². The quantitative estimate of drug-likeness (QED) is 0.504. The van der Waals surface area contributed by atoms with E-state index in [4.69, 9.17) is 9.47 Å². The van der Waals surface area contributed by atoms with Gasteiger partial charge in [0.1, 0.15) is 0 Å². The Hall–Kier alpha value is -0.0800. The van der Waals surface area contributed by atoms with Crippen LogP contribution in [0.4, 0.5) is 0 Å². The van der Waals surface area contributed by atoms with Crippen LogP contribution in [-0.4, -0.2) is 23.4 Å². The van der Waals surface area contributed by atoms with Gasteiger partial charge in [0.2, 0.25) is 0 Å². The maximum Gasteiger partial charge on any atom is 0.0926 e. The Morgan fingerprint density at radius 1 is 1.04 bits per heavy atom. The maximum absolute atomic E-state index is 6.25. The molecule has 1 aliphatic carbocycles. The minimum absolute atomic E-state index is 0.0774. The molecule has 0 radical (unpaired) electrons. The molecule has 2 saturated heterocycles. The molecule has 2 heteroatoms. The van der Waals surface area contributed by atoms with E-state index in [1.165, 1.54) is 25.7 Å². The maximum atomic E-state index is 6.25. The normalized spacial score (nSPS) is 41.3. The van der Waals surface area contributed by atoms with Crippen molar-refractivity contribution in [3.63, 3.8) is 0 Å². The second-order valence-corrected chi connectivity index (χ2v) is 12.3. The molecule has 0 bridgehead atoms. The molecule has 0 amide bonds. The monoisotopic (exact) mass is 364 g/mol. The van der Waals surface area contributed by atoms with Crippen molar-refractivity contribution in [2.24, 2.45) is 34.5 Å². The Morgan fingerprint density at radius 2 is 1.62 bits per heavy atom. The first-order valence-corrected chi connectivity index (χ1v) is 11.1. The molecule has 26 heavy (non-hydrogen) atoms. The largest absolute Gasteiger partial charge is 0.366 e. The summed E-state index contributed by atoms with van der Waals surface area (Å²) < 4.78 is 12.4. The standard InChI is InChI=1S/C24H44O2/c1-11-22(6,7)18(19-23(8,9)25-19)12-15(2)16-13-17(21(3,4)5)20-24(10,14-16)26-20/h15-20H,11-14H2,1-10H3. The van der Waals surface area contributed by atoms with Crippen molar-refractivity contribution in [1.29, 1.82) is 0 Å². The molecule has 3 rings (SSSR count). The first-order valence-electron chi connectivity index (χ1n) is 11.1. The van der Waals surface area contributed by atoms with E-state index in [2.05, 4.69) is 69.2 Å². The second kappa shape index (κ2) is 6.21. The van der Waals surface area contributed by atoms with E-state index in [0.29, 0.717) is 34.9 Å². The summed E-state index contributed by atoms with van der Waals surface area (Å²) in [7, 11) is 0. The summed E-state index contributed by atoms with van der Waals surface area (Å²) >= 11 is 0. The smallest absolute Gasteiger partial charge is 0.0926 e. The Labute approximate surface area is 162 Å². The molecule has 3 fully saturated rings. The third kappa shape index (κ3) is 3.75. The minimum Gasteiger partial charge on any atom is -0.366 e. The van der Waals surface area contributed by atoms with Gasteiger partial charge < -0.3 is 9.47 Å². The highest BCUT2D eigenvalue weighted by molar-refractivity contribution is 5.11. The number of epoxide rings is 2. The molecule has 0 spiro atoms. The highest BCUT2D eigenvalue weighted by Gasteiger charge is 2.63. The van der Waals surface area contributed by atoms with Crippen molar-refractivity contribution in [1.82, 2.24) is 0 Å². The van der Waals surface area contributed by atoms with Gasteiger partial charge in [-0.05, 0) is 74.5 Å². The minimum atomic E-state index is 0.0774. The van der Waals surface area contributed by atoms with E-state index in [0.717, 1.165) is 11.8 Å². The van der Waals surface area contributed by atoms with Crippen LogP contribution in [0.5, 0.6) is 0 Å². The zero-order valence-electron chi connectivity index (χ0n) is 19.1. The van der Waals surface area contributed by atoms with Gasteiger partial charge in [0.15, 0.2) is 0 Å². The number of fused-ring (bicyclic) bond motifs is 1. The Balaban J connectivity index is 1.72. The van der Waals surface area contributed by atoms with Crippen molar-refractivity contribution < 1.29 is 9.47 Å². The number of rotatable bonds is 6. The fourth-order valence-electron chi connectivity index (χ4n) is 5.79. The highest BCUT2D eigenvalue weighted by Crippen LogP contribution is 2.59. The van der Waals surface area contributed by atoms with E-state index in [9.17, 15) is 0 Å². The number of ether oxygens (including phenoxy) is 2. The summed E-state index contributed by atoms with van der Waals surface area (Å²) in [5, 5.41) is 0. The van der Waals surface area contributed by atoms with Crippen LogP contribution in [-0.2, 0) is 9.47 Å². The third-order valence-corrected chi connectivity index (χ3v) is 8.41. The molecule has 3 aliphatic rings. The van der Waals surface area contributed by atoms with Crippen LogP contribution in [0.1, 0.15) is 94.9 Å². The average Bonchev–Trinajstić information content (AvgIpc) is 3.35. The first-order chi connectivity index (χ1) is 11.7. The van der Waals surface area contributed by atoms with Gasteiger partial charge in [-0.25, -0.2) is 0 Å². The summed E-state index contributed by atoms with van der Waals surface area (Å²) in [4.78, 5) is 0. The molecular formula is C24H44O2. The summed E-state index contributed by atoms with van der Waals surface area (Å²) in [6, 6.07) is 0. The van der Waals surface area contributed by atoms with Crippen LogP contribution in [0.15, 0.2) is 0 Å². The predicted molar refractivity (Wildman–Crippen MR) is 109 cm³/mol. The van der Waals surface area contributed by atoms with Gasteiger partial charge in [-0.1, -0.05) is 54.9 Å². The molecule has 0 aromatic heterocycles. The molecule has 2 nitrogen and oxygen atoms in total. The summed E-state index contributed by atoms with van der Waals surface area (Å²) in [5.74, 6) is 2.86. The van der Waals surface area contributed by atoms with Crippen LogP contribution in [0, 0.1) is 34.5 Å². The van der Waals surface area contributed by atoms with Crippen molar-refractivity contribution in [3.05, 3.63) is 0 Å². The Bertz CT molecular complexity index is 529. The van der Waals surface area contributed by atoms with Crippen LogP contribution < -0.4 is 0 Å². The molecule has 0 N–H and O–H groups in total. The lowest BCUT2D eigenvalue weighted by atomic mass is 9.61. The molecule has 2 aliphatic heterocycles. The Morgan fingerprint density at radius 3 is 2.08 bits per heavy atom. The van der Waals surface area contributed by atoms with Crippen LogP contribution in [0.2, 0.25) is 0 Å². The molecule has 7 unspecified atom stereocenters. The van der Waals surface area contributed by atoms with Crippen LogP contribution in [0.25, 0.3) is 0 Å². The zero-order chi connectivity index (χ0) is 19.7. The van der Waals surface area contributed by atoms with Crippen molar-refractivity contribution in [3.8, 4) is 0 Å². The molecular weight excluding hydrogens is 320 g/mol. The predicted octanol–water partition coefficient (Wildman–Crippen LogP) is 6.47. The molecule has 1 saturated carbocycles. The fraction of sp³-hybridized carbons (Fsp3) is 1.00. The van der Waals surface area contributed by atoms with Crippen LogP contribution >= 0.6 is 0 Å². The lowest BCUT2D eigenvalue weighted by Gasteiger charge is -2.42. The average molecular weight is 365 g/mol. The summed E-state index contributed by atoms with van der Waals surface area (Å²) in [6.45, 7) is 23.8. The fourth-order valence-corrected chi connectivity index (χ4v) is 5.79. The van der Waals surface area contributed by atoms with Gasteiger partial charge in [0.25, 0.3) is 0 Å².